The van der Waals surface area contributed by atoms with E-state index in [1.54, 1.807) is 19.1 Å². The third-order valence-electron chi connectivity index (χ3n) is 3.83. The Morgan fingerprint density at radius 3 is 2.65 bits per heavy atom. The fraction of sp³-hybridized carbons (Fsp3) is 0.211. The summed E-state index contributed by atoms with van der Waals surface area (Å²) in [5.41, 5.74) is 1.54. The fourth-order valence-electron chi connectivity index (χ4n) is 2.61. The lowest BCUT2D eigenvalue weighted by molar-refractivity contribution is -0.115. The molecule has 0 aliphatic heterocycles. The maximum atomic E-state index is 12.6. The van der Waals surface area contributed by atoms with E-state index in [9.17, 15) is 9.59 Å². The number of aryl methyl sites for hydroxylation is 1. The topological polar surface area (TPSA) is 72.7 Å². The number of nitrogens with one attached hydrogen (secondary N) is 1. The van der Waals surface area contributed by atoms with Crippen LogP contribution < -0.4 is 15.6 Å². The van der Waals surface area contributed by atoms with Gasteiger partial charge in [0.25, 0.3) is 5.56 Å². The van der Waals surface area contributed by atoms with Crippen molar-refractivity contribution in [1.29, 1.82) is 0 Å². The molecule has 26 heavy (non-hydrogen) atoms. The highest BCUT2D eigenvalue weighted by atomic mass is 35.5. The van der Waals surface area contributed by atoms with Gasteiger partial charge < -0.3 is 10.1 Å². The first kappa shape index (κ1) is 17.9. The van der Waals surface area contributed by atoms with E-state index in [4.69, 9.17) is 16.3 Å². The Hall–Kier alpha value is -2.86. The number of anilines is 1. The van der Waals surface area contributed by atoms with E-state index < -0.39 is 0 Å². The molecule has 0 saturated heterocycles. The van der Waals surface area contributed by atoms with Crippen molar-refractivity contribution in [2.45, 2.75) is 20.3 Å². The van der Waals surface area contributed by atoms with Crippen LogP contribution >= 0.6 is 11.6 Å². The van der Waals surface area contributed by atoms with Crippen molar-refractivity contribution in [2.24, 2.45) is 0 Å². The quantitative estimate of drug-likeness (QED) is 0.747. The number of nitrogens with zero attached hydrogens (tertiary/aromatic N) is 2. The van der Waals surface area contributed by atoms with Gasteiger partial charge in [-0.3, -0.25) is 14.0 Å². The molecule has 0 aliphatic rings. The molecule has 1 N–H and O–H groups in total. The highest BCUT2D eigenvalue weighted by Crippen LogP contribution is 2.15. The first-order chi connectivity index (χ1) is 12.5. The van der Waals surface area contributed by atoms with Crippen molar-refractivity contribution in [3.05, 3.63) is 69.2 Å². The number of halogens is 1. The highest BCUT2D eigenvalue weighted by Gasteiger charge is 2.13. The van der Waals surface area contributed by atoms with Gasteiger partial charge in [0, 0.05) is 6.20 Å². The molecule has 1 amide bonds. The molecule has 0 saturated carbocycles. The monoisotopic (exact) mass is 371 g/mol. The second kappa shape index (κ2) is 7.58. The Morgan fingerprint density at radius 2 is 1.96 bits per heavy atom. The van der Waals surface area contributed by atoms with Crippen molar-refractivity contribution in [2.75, 3.05) is 11.9 Å². The maximum Gasteiger partial charge on any atom is 0.281 e. The number of carbonyl (C=O) groups is 1. The second-order valence-electron chi connectivity index (χ2n) is 5.75. The van der Waals surface area contributed by atoms with Crippen molar-refractivity contribution in [3.8, 4) is 5.75 Å². The lowest BCUT2D eigenvalue weighted by atomic mass is 10.1. The molecule has 0 atom stereocenters. The van der Waals surface area contributed by atoms with Gasteiger partial charge in [0.2, 0.25) is 5.91 Å². The molecule has 134 valence electrons. The predicted molar refractivity (Wildman–Crippen MR) is 101 cm³/mol. The Morgan fingerprint density at radius 1 is 1.23 bits per heavy atom. The summed E-state index contributed by atoms with van der Waals surface area (Å²) in [5.74, 6) is 0.458. The van der Waals surface area contributed by atoms with E-state index in [1.165, 1.54) is 10.6 Å². The van der Waals surface area contributed by atoms with Gasteiger partial charge in [-0.05, 0) is 43.7 Å². The smallest absolute Gasteiger partial charge is 0.281 e. The highest BCUT2D eigenvalue weighted by molar-refractivity contribution is 6.30. The number of carbonyl (C=O) groups excluding carboxylic acids is 1. The summed E-state index contributed by atoms with van der Waals surface area (Å²) >= 11 is 5.95. The minimum absolute atomic E-state index is 0.142. The molecule has 0 unspecified atom stereocenters. The molecule has 3 aromatic rings. The van der Waals surface area contributed by atoms with Gasteiger partial charge >= 0.3 is 0 Å². The molecule has 6 nitrogen and oxygen atoms in total. The molecule has 0 spiro atoms. The summed E-state index contributed by atoms with van der Waals surface area (Å²) < 4.78 is 6.70. The second-order valence-corrected chi connectivity index (χ2v) is 6.19. The third-order valence-corrected chi connectivity index (χ3v) is 4.05. The van der Waals surface area contributed by atoms with Crippen LogP contribution in [0.1, 0.15) is 18.2 Å². The van der Waals surface area contributed by atoms with E-state index >= 15 is 0 Å². The zero-order valence-corrected chi connectivity index (χ0v) is 15.2. The summed E-state index contributed by atoms with van der Waals surface area (Å²) in [7, 11) is 0. The van der Waals surface area contributed by atoms with Gasteiger partial charge in [-0.15, -0.1) is 0 Å². The molecule has 0 radical (unpaired) electrons. The number of amides is 1. The summed E-state index contributed by atoms with van der Waals surface area (Å²) in [4.78, 5) is 29.3. The van der Waals surface area contributed by atoms with Crippen molar-refractivity contribution in [1.82, 2.24) is 9.38 Å². The lowest BCUT2D eigenvalue weighted by Gasteiger charge is -2.10. The molecular weight excluding hydrogens is 354 g/mol. The number of benzene rings is 1. The molecule has 0 fully saturated rings. The number of ether oxygens (including phenoxy) is 1. The average molecular weight is 372 g/mol. The van der Waals surface area contributed by atoms with E-state index in [0.717, 1.165) is 11.3 Å². The van der Waals surface area contributed by atoms with Crippen LogP contribution in [0.2, 0.25) is 5.02 Å². The summed E-state index contributed by atoms with van der Waals surface area (Å²) in [5, 5.41) is 3.08. The SMILES string of the molecule is CCOc1ccc(CC(=O)Nc2c(C)nc3ccc(Cl)cn3c2=O)cc1. The first-order valence-electron chi connectivity index (χ1n) is 8.18. The molecule has 2 aromatic heterocycles. The zero-order valence-electron chi connectivity index (χ0n) is 14.5. The third kappa shape index (κ3) is 3.86. The number of pyridine rings is 1. The van der Waals surface area contributed by atoms with Crippen LogP contribution in [0.15, 0.2) is 47.4 Å². The standard InChI is InChI=1S/C19H18ClN3O3/c1-3-26-15-7-4-13(5-8-15)10-17(24)22-18-12(2)21-16-9-6-14(20)11-23(16)19(18)25/h4-9,11H,3,10H2,1-2H3,(H,22,24). The summed E-state index contributed by atoms with van der Waals surface area (Å²) in [6.45, 7) is 4.18. The minimum atomic E-state index is -0.366. The van der Waals surface area contributed by atoms with Gasteiger partial charge in [-0.1, -0.05) is 23.7 Å². The normalized spacial score (nSPS) is 10.7. The lowest BCUT2D eigenvalue weighted by Crippen LogP contribution is -2.25. The van der Waals surface area contributed by atoms with E-state index in [2.05, 4.69) is 10.3 Å². The number of hydrogen-bond acceptors (Lipinski definition) is 4. The van der Waals surface area contributed by atoms with Crippen LogP contribution in [-0.4, -0.2) is 21.9 Å². The van der Waals surface area contributed by atoms with Crippen molar-refractivity contribution < 1.29 is 9.53 Å². The largest absolute Gasteiger partial charge is 0.494 e. The van der Waals surface area contributed by atoms with Gasteiger partial charge in [0.05, 0.1) is 23.7 Å². The van der Waals surface area contributed by atoms with E-state index in [0.29, 0.717) is 23.0 Å². The number of rotatable bonds is 5. The Labute approximate surface area is 155 Å². The Kier molecular flexibility index (Phi) is 5.23. The van der Waals surface area contributed by atoms with Crippen LogP contribution in [0.5, 0.6) is 5.75 Å². The Bertz CT molecular complexity index is 1010. The van der Waals surface area contributed by atoms with Crippen LogP contribution in [0.4, 0.5) is 5.69 Å². The van der Waals surface area contributed by atoms with Crippen molar-refractivity contribution in [3.63, 3.8) is 0 Å². The van der Waals surface area contributed by atoms with Crippen LogP contribution in [0.25, 0.3) is 5.65 Å². The van der Waals surface area contributed by atoms with E-state index in [1.807, 2.05) is 31.2 Å². The molecule has 2 heterocycles. The zero-order chi connectivity index (χ0) is 18.7. The van der Waals surface area contributed by atoms with Gasteiger partial charge in [-0.25, -0.2) is 4.98 Å². The molecule has 0 aliphatic carbocycles. The van der Waals surface area contributed by atoms with Gasteiger partial charge in [0.1, 0.15) is 17.1 Å². The van der Waals surface area contributed by atoms with Gasteiger partial charge in [-0.2, -0.15) is 0 Å². The van der Waals surface area contributed by atoms with Gasteiger partial charge in [0.15, 0.2) is 0 Å². The molecule has 1 aromatic carbocycles. The number of hydrogen-bond donors (Lipinski definition) is 1. The molecular formula is C19H18ClN3O3. The predicted octanol–water partition coefficient (Wildman–Crippen LogP) is 3.24. The minimum Gasteiger partial charge on any atom is -0.494 e. The van der Waals surface area contributed by atoms with Crippen molar-refractivity contribution >= 4 is 28.8 Å². The molecule has 3 rings (SSSR count). The van der Waals surface area contributed by atoms with Crippen LogP contribution in [0, 0.1) is 6.92 Å². The summed E-state index contributed by atoms with van der Waals surface area (Å²) in [6, 6.07) is 10.6. The first-order valence-corrected chi connectivity index (χ1v) is 8.56. The average Bonchev–Trinajstić information content (AvgIpc) is 2.61. The molecule has 7 heteroatoms. The van der Waals surface area contributed by atoms with Crippen LogP contribution in [0.3, 0.4) is 0 Å². The Balaban J connectivity index is 1.81. The number of aromatic nitrogens is 2. The summed E-state index contributed by atoms with van der Waals surface area (Å²) in [6.07, 6.45) is 1.62. The molecule has 0 bridgehead atoms. The van der Waals surface area contributed by atoms with Crippen LogP contribution in [-0.2, 0) is 11.2 Å². The fourth-order valence-corrected chi connectivity index (χ4v) is 2.77. The maximum absolute atomic E-state index is 12.6. The number of fused-ring (bicyclic) bond motifs is 1. The van der Waals surface area contributed by atoms with E-state index in [-0.39, 0.29) is 23.6 Å².